The summed E-state index contributed by atoms with van der Waals surface area (Å²) >= 11 is 0. The Labute approximate surface area is 111 Å². The molecule has 0 aliphatic heterocycles. The molecule has 0 aromatic heterocycles. The van der Waals surface area contributed by atoms with Gasteiger partial charge in [-0.3, -0.25) is 0 Å². The van der Waals surface area contributed by atoms with Gasteiger partial charge in [0.25, 0.3) is 0 Å². The first-order valence-corrected chi connectivity index (χ1v) is 6.07. The van der Waals surface area contributed by atoms with Crippen molar-refractivity contribution in [3.8, 4) is 5.75 Å². The number of hydrogen-bond acceptors (Lipinski definition) is 3. The third-order valence-corrected chi connectivity index (χ3v) is 3.05. The molecule has 19 heavy (non-hydrogen) atoms. The monoisotopic (exact) mass is 250 g/mol. The number of nitrogens with two attached hydrogens (primary N) is 1. The fourth-order valence-electron chi connectivity index (χ4n) is 2.19. The second kappa shape index (κ2) is 4.53. The number of para-hydroxylation sites is 1. The van der Waals surface area contributed by atoms with Gasteiger partial charge >= 0.3 is 0 Å². The van der Waals surface area contributed by atoms with E-state index in [0.29, 0.717) is 11.1 Å². The summed E-state index contributed by atoms with van der Waals surface area (Å²) in [5.41, 5.74) is 8.28. The molecule has 94 valence electrons. The van der Waals surface area contributed by atoms with Crippen LogP contribution in [0.4, 0.5) is 17.1 Å². The lowest BCUT2D eigenvalue weighted by molar-refractivity contribution is 0.482. The van der Waals surface area contributed by atoms with Gasteiger partial charge in [0.15, 0.2) is 0 Å². The maximum atomic E-state index is 10.1. The van der Waals surface area contributed by atoms with Crippen molar-refractivity contribution >= 4 is 27.8 Å². The zero-order chi connectivity index (χ0) is 13.2. The van der Waals surface area contributed by atoms with E-state index in [0.717, 1.165) is 16.8 Å². The lowest BCUT2D eigenvalue weighted by Gasteiger charge is -2.10. The largest absolute Gasteiger partial charge is 0.507 e. The molecule has 0 fully saturated rings. The number of phenols is 1. The SMILES string of the molecule is Nc1cccc2cc(Nc3ccccc3)cc(O)c12. The summed E-state index contributed by atoms with van der Waals surface area (Å²) in [4.78, 5) is 0. The van der Waals surface area contributed by atoms with Gasteiger partial charge in [0.2, 0.25) is 0 Å². The van der Waals surface area contributed by atoms with Gasteiger partial charge in [0.1, 0.15) is 5.75 Å². The summed E-state index contributed by atoms with van der Waals surface area (Å²) in [6.45, 7) is 0. The average Bonchev–Trinajstić information content (AvgIpc) is 2.39. The topological polar surface area (TPSA) is 58.3 Å². The third kappa shape index (κ3) is 2.18. The van der Waals surface area contributed by atoms with Crippen molar-refractivity contribution in [2.24, 2.45) is 0 Å². The summed E-state index contributed by atoms with van der Waals surface area (Å²) in [7, 11) is 0. The number of anilines is 3. The van der Waals surface area contributed by atoms with Crippen molar-refractivity contribution in [3.63, 3.8) is 0 Å². The number of nitrogen functional groups attached to an aromatic ring is 1. The van der Waals surface area contributed by atoms with E-state index in [1.165, 1.54) is 0 Å². The second-order valence-corrected chi connectivity index (χ2v) is 4.43. The highest BCUT2D eigenvalue weighted by molar-refractivity contribution is 5.99. The third-order valence-electron chi connectivity index (χ3n) is 3.05. The molecule has 3 aromatic rings. The van der Waals surface area contributed by atoms with Crippen LogP contribution in [-0.4, -0.2) is 5.11 Å². The molecule has 0 aliphatic carbocycles. The van der Waals surface area contributed by atoms with E-state index < -0.39 is 0 Å². The highest BCUT2D eigenvalue weighted by atomic mass is 16.3. The van der Waals surface area contributed by atoms with E-state index in [9.17, 15) is 5.11 Å². The normalized spacial score (nSPS) is 10.5. The van der Waals surface area contributed by atoms with Crippen molar-refractivity contribution in [1.82, 2.24) is 0 Å². The van der Waals surface area contributed by atoms with Crippen LogP contribution in [0.1, 0.15) is 0 Å². The molecule has 0 spiro atoms. The highest BCUT2D eigenvalue weighted by Crippen LogP contribution is 2.34. The van der Waals surface area contributed by atoms with Gasteiger partial charge < -0.3 is 16.2 Å². The van der Waals surface area contributed by atoms with Crippen LogP contribution < -0.4 is 11.1 Å². The number of rotatable bonds is 2. The molecule has 3 rings (SSSR count). The van der Waals surface area contributed by atoms with Crippen molar-refractivity contribution in [3.05, 3.63) is 60.7 Å². The Morgan fingerprint density at radius 1 is 0.842 bits per heavy atom. The first-order valence-electron chi connectivity index (χ1n) is 6.07. The van der Waals surface area contributed by atoms with Gasteiger partial charge in [-0.15, -0.1) is 0 Å². The van der Waals surface area contributed by atoms with E-state index >= 15 is 0 Å². The Kier molecular flexibility index (Phi) is 2.72. The maximum Gasteiger partial charge on any atom is 0.127 e. The van der Waals surface area contributed by atoms with Gasteiger partial charge in [-0.1, -0.05) is 30.3 Å². The minimum Gasteiger partial charge on any atom is -0.507 e. The Balaban J connectivity index is 2.07. The molecule has 0 unspecified atom stereocenters. The van der Waals surface area contributed by atoms with Crippen molar-refractivity contribution in [2.75, 3.05) is 11.1 Å². The van der Waals surface area contributed by atoms with Crippen LogP contribution in [0.3, 0.4) is 0 Å². The molecule has 0 radical (unpaired) electrons. The summed E-state index contributed by atoms with van der Waals surface area (Å²) in [6, 6.07) is 19.1. The first-order chi connectivity index (χ1) is 9.24. The van der Waals surface area contributed by atoms with Crippen molar-refractivity contribution in [1.29, 1.82) is 0 Å². The zero-order valence-electron chi connectivity index (χ0n) is 10.3. The number of benzene rings is 3. The fourth-order valence-corrected chi connectivity index (χ4v) is 2.19. The predicted octanol–water partition coefficient (Wildman–Crippen LogP) is 3.87. The number of fused-ring (bicyclic) bond motifs is 1. The highest BCUT2D eigenvalue weighted by Gasteiger charge is 2.06. The van der Waals surface area contributed by atoms with Gasteiger partial charge in [-0.05, 0) is 29.7 Å². The van der Waals surface area contributed by atoms with E-state index in [1.807, 2.05) is 48.5 Å². The average molecular weight is 250 g/mol. The number of hydrogen-bond donors (Lipinski definition) is 3. The fraction of sp³-hybridized carbons (Fsp3) is 0. The molecule has 3 heteroatoms. The van der Waals surface area contributed by atoms with E-state index in [2.05, 4.69) is 5.32 Å². The minimum absolute atomic E-state index is 0.189. The standard InChI is InChI=1S/C16H14N2O/c17-14-8-4-5-11-9-13(10-15(19)16(11)14)18-12-6-2-1-3-7-12/h1-10,18-19H,17H2. The summed E-state index contributed by atoms with van der Waals surface area (Å²) in [5.74, 6) is 0.189. The number of nitrogens with one attached hydrogen (secondary N) is 1. The number of aromatic hydroxyl groups is 1. The smallest absolute Gasteiger partial charge is 0.127 e. The first kappa shape index (κ1) is 11.4. The van der Waals surface area contributed by atoms with Crippen LogP contribution in [0.5, 0.6) is 5.75 Å². The van der Waals surface area contributed by atoms with E-state index in [1.54, 1.807) is 12.1 Å². The van der Waals surface area contributed by atoms with E-state index in [4.69, 9.17) is 5.73 Å². The van der Waals surface area contributed by atoms with Gasteiger partial charge in [-0.2, -0.15) is 0 Å². The molecular weight excluding hydrogens is 236 g/mol. The summed E-state index contributed by atoms with van der Waals surface area (Å²) in [5, 5.41) is 15.0. The molecule has 0 atom stereocenters. The summed E-state index contributed by atoms with van der Waals surface area (Å²) in [6.07, 6.45) is 0. The molecule has 0 saturated heterocycles. The molecule has 0 heterocycles. The van der Waals surface area contributed by atoms with Crippen molar-refractivity contribution < 1.29 is 5.11 Å². The molecule has 3 nitrogen and oxygen atoms in total. The Morgan fingerprint density at radius 2 is 1.63 bits per heavy atom. The van der Waals surface area contributed by atoms with Crippen LogP contribution >= 0.6 is 0 Å². The molecule has 4 N–H and O–H groups in total. The summed E-state index contributed by atoms with van der Waals surface area (Å²) < 4.78 is 0. The minimum atomic E-state index is 0.189. The quantitative estimate of drug-likeness (QED) is 0.605. The molecule has 0 amide bonds. The van der Waals surface area contributed by atoms with Crippen LogP contribution in [0.15, 0.2) is 60.7 Å². The van der Waals surface area contributed by atoms with Crippen molar-refractivity contribution in [2.45, 2.75) is 0 Å². The predicted molar refractivity (Wildman–Crippen MR) is 79.7 cm³/mol. The van der Waals surface area contributed by atoms with Crippen LogP contribution in [0, 0.1) is 0 Å². The Bertz CT molecular complexity index is 723. The van der Waals surface area contributed by atoms with Gasteiger partial charge in [0.05, 0.1) is 0 Å². The van der Waals surface area contributed by atoms with Crippen LogP contribution in [-0.2, 0) is 0 Å². The maximum absolute atomic E-state index is 10.1. The van der Waals surface area contributed by atoms with Gasteiger partial charge in [0, 0.05) is 28.5 Å². The molecule has 0 aliphatic rings. The van der Waals surface area contributed by atoms with Crippen LogP contribution in [0.25, 0.3) is 10.8 Å². The lowest BCUT2D eigenvalue weighted by atomic mass is 10.1. The molecule has 3 aromatic carbocycles. The van der Waals surface area contributed by atoms with Gasteiger partial charge in [-0.25, -0.2) is 0 Å². The molecule has 0 saturated carbocycles. The van der Waals surface area contributed by atoms with Crippen LogP contribution in [0.2, 0.25) is 0 Å². The Morgan fingerprint density at radius 3 is 2.42 bits per heavy atom. The number of phenolic OH excluding ortho intramolecular Hbond substituents is 1. The molecular formula is C16H14N2O. The lowest BCUT2D eigenvalue weighted by Crippen LogP contribution is -1.92. The zero-order valence-corrected chi connectivity index (χ0v) is 10.3. The van der Waals surface area contributed by atoms with E-state index in [-0.39, 0.29) is 5.75 Å². The molecule has 0 bridgehead atoms. The second-order valence-electron chi connectivity index (χ2n) is 4.43. The Hall–Kier alpha value is -2.68.